The molecule has 0 N–H and O–H groups in total. The van der Waals surface area contributed by atoms with Gasteiger partial charge in [0.05, 0.1) is 17.2 Å². The fourth-order valence-electron chi connectivity index (χ4n) is 2.30. The van der Waals surface area contributed by atoms with Gasteiger partial charge in [0.1, 0.15) is 11.6 Å². The van der Waals surface area contributed by atoms with Gasteiger partial charge in [-0.1, -0.05) is 36.1 Å². The third-order valence-electron chi connectivity index (χ3n) is 3.35. The van der Waals surface area contributed by atoms with E-state index in [0.29, 0.717) is 27.1 Å². The van der Waals surface area contributed by atoms with Crippen molar-refractivity contribution in [2.75, 3.05) is 11.5 Å². The van der Waals surface area contributed by atoms with Crippen molar-refractivity contribution >= 4 is 46.0 Å². The van der Waals surface area contributed by atoms with Crippen LogP contribution in [0.1, 0.15) is 12.5 Å². The molecule has 3 rings (SSSR count). The summed E-state index contributed by atoms with van der Waals surface area (Å²) in [5.41, 5.74) is 1.31. The first-order valence-corrected chi connectivity index (χ1v) is 8.57. The lowest BCUT2D eigenvalue weighted by molar-refractivity contribution is -0.113. The molecule has 0 atom stereocenters. The van der Waals surface area contributed by atoms with E-state index in [9.17, 15) is 9.18 Å². The molecule has 24 heavy (non-hydrogen) atoms. The summed E-state index contributed by atoms with van der Waals surface area (Å²) in [5, 5.41) is 0. The van der Waals surface area contributed by atoms with Crippen LogP contribution in [-0.2, 0) is 4.79 Å². The van der Waals surface area contributed by atoms with Crippen LogP contribution < -0.4 is 9.64 Å². The van der Waals surface area contributed by atoms with E-state index in [1.807, 2.05) is 6.92 Å². The van der Waals surface area contributed by atoms with Gasteiger partial charge in [0.15, 0.2) is 4.32 Å². The zero-order chi connectivity index (χ0) is 17.1. The summed E-state index contributed by atoms with van der Waals surface area (Å²) in [7, 11) is 0. The molecule has 122 valence electrons. The Morgan fingerprint density at radius 3 is 2.67 bits per heavy atom. The number of carbonyl (C=O) groups is 1. The Labute approximate surface area is 149 Å². The number of thioether (sulfide) groups is 1. The summed E-state index contributed by atoms with van der Waals surface area (Å²) in [5.74, 6) is 0.186. The molecule has 0 aliphatic carbocycles. The van der Waals surface area contributed by atoms with Gasteiger partial charge in [-0.3, -0.25) is 9.69 Å². The zero-order valence-electron chi connectivity index (χ0n) is 12.9. The number of halogens is 1. The zero-order valence-corrected chi connectivity index (χ0v) is 14.5. The molecule has 0 unspecified atom stereocenters. The van der Waals surface area contributed by atoms with E-state index < -0.39 is 0 Å². The first-order valence-electron chi connectivity index (χ1n) is 7.35. The summed E-state index contributed by atoms with van der Waals surface area (Å²) >= 11 is 6.53. The van der Waals surface area contributed by atoms with Gasteiger partial charge in [0.2, 0.25) is 0 Å². The van der Waals surface area contributed by atoms with Crippen molar-refractivity contribution in [3.05, 3.63) is 64.8 Å². The maximum absolute atomic E-state index is 13.3. The molecule has 1 heterocycles. The van der Waals surface area contributed by atoms with Gasteiger partial charge in [0, 0.05) is 0 Å². The van der Waals surface area contributed by atoms with Crippen molar-refractivity contribution in [3.63, 3.8) is 0 Å². The Morgan fingerprint density at radius 1 is 1.25 bits per heavy atom. The molecular formula is C18H14FNO2S2. The minimum Gasteiger partial charge on any atom is -0.494 e. The Balaban J connectivity index is 1.86. The quantitative estimate of drug-likeness (QED) is 0.588. The maximum Gasteiger partial charge on any atom is 0.270 e. The van der Waals surface area contributed by atoms with Crippen molar-refractivity contribution < 1.29 is 13.9 Å². The lowest BCUT2D eigenvalue weighted by atomic mass is 10.2. The Morgan fingerprint density at radius 2 is 2.00 bits per heavy atom. The molecule has 1 saturated heterocycles. The summed E-state index contributed by atoms with van der Waals surface area (Å²) in [6, 6.07) is 13.3. The highest BCUT2D eigenvalue weighted by Gasteiger charge is 2.33. The van der Waals surface area contributed by atoms with Crippen LogP contribution >= 0.6 is 24.0 Å². The average molecular weight is 359 g/mol. The third-order valence-corrected chi connectivity index (χ3v) is 4.65. The predicted molar refractivity (Wildman–Crippen MR) is 99.7 cm³/mol. The van der Waals surface area contributed by atoms with Gasteiger partial charge < -0.3 is 4.74 Å². The van der Waals surface area contributed by atoms with Crippen LogP contribution in [0, 0.1) is 5.82 Å². The first kappa shape index (κ1) is 16.7. The molecular weight excluding hydrogens is 345 g/mol. The maximum atomic E-state index is 13.3. The average Bonchev–Trinajstić information content (AvgIpc) is 2.83. The SMILES string of the molecule is CCOc1ccc(N2C(=O)C(=Cc3cccc(F)c3)SC2=S)cc1. The molecule has 0 aromatic heterocycles. The second-order valence-electron chi connectivity index (χ2n) is 5.00. The molecule has 0 radical (unpaired) electrons. The fourth-order valence-corrected chi connectivity index (χ4v) is 3.60. The van der Waals surface area contributed by atoms with Crippen LogP contribution in [-0.4, -0.2) is 16.8 Å². The lowest BCUT2D eigenvalue weighted by Gasteiger charge is -2.15. The Kier molecular flexibility index (Phi) is 4.97. The number of hydrogen-bond acceptors (Lipinski definition) is 4. The van der Waals surface area contributed by atoms with E-state index in [1.54, 1.807) is 42.5 Å². The molecule has 6 heteroatoms. The molecule has 1 amide bonds. The molecule has 0 bridgehead atoms. The van der Waals surface area contributed by atoms with Crippen LogP contribution in [0.3, 0.4) is 0 Å². The van der Waals surface area contributed by atoms with Gasteiger partial charge in [-0.25, -0.2) is 4.39 Å². The third kappa shape index (κ3) is 3.49. The monoisotopic (exact) mass is 359 g/mol. The molecule has 1 aliphatic rings. The highest BCUT2D eigenvalue weighted by atomic mass is 32.2. The molecule has 2 aromatic rings. The second kappa shape index (κ2) is 7.15. The number of benzene rings is 2. The van der Waals surface area contributed by atoms with Crippen molar-refractivity contribution in [2.24, 2.45) is 0 Å². The minimum absolute atomic E-state index is 0.210. The van der Waals surface area contributed by atoms with Crippen molar-refractivity contribution in [1.29, 1.82) is 0 Å². The number of carbonyl (C=O) groups excluding carboxylic acids is 1. The lowest BCUT2D eigenvalue weighted by Crippen LogP contribution is -2.27. The van der Waals surface area contributed by atoms with Gasteiger partial charge in [-0.2, -0.15) is 0 Å². The van der Waals surface area contributed by atoms with E-state index in [-0.39, 0.29) is 11.7 Å². The van der Waals surface area contributed by atoms with Crippen molar-refractivity contribution in [3.8, 4) is 5.75 Å². The highest BCUT2D eigenvalue weighted by Crippen LogP contribution is 2.36. The minimum atomic E-state index is -0.342. The fraction of sp³-hybridized carbons (Fsp3) is 0.111. The van der Waals surface area contributed by atoms with Gasteiger partial charge >= 0.3 is 0 Å². The Hall–Kier alpha value is -2.18. The molecule has 1 aliphatic heterocycles. The topological polar surface area (TPSA) is 29.5 Å². The van der Waals surface area contributed by atoms with Crippen LogP contribution in [0.15, 0.2) is 53.4 Å². The van der Waals surface area contributed by atoms with Crippen LogP contribution in [0.5, 0.6) is 5.75 Å². The normalized spacial score (nSPS) is 16.1. The number of ether oxygens (including phenoxy) is 1. The van der Waals surface area contributed by atoms with Crippen LogP contribution in [0.25, 0.3) is 6.08 Å². The Bertz CT molecular complexity index is 818. The molecule has 0 spiro atoms. The standard InChI is InChI=1S/C18H14FNO2S2/c1-2-22-15-8-6-14(7-9-15)20-17(21)16(24-18(20)23)11-12-4-3-5-13(19)10-12/h3-11H,2H2,1H3. The predicted octanol–water partition coefficient (Wildman–Crippen LogP) is 4.63. The summed E-state index contributed by atoms with van der Waals surface area (Å²) in [6.07, 6.45) is 1.65. The molecule has 0 saturated carbocycles. The van der Waals surface area contributed by atoms with E-state index in [4.69, 9.17) is 17.0 Å². The van der Waals surface area contributed by atoms with Gasteiger partial charge in [-0.05, 0) is 55.0 Å². The second-order valence-corrected chi connectivity index (χ2v) is 6.67. The van der Waals surface area contributed by atoms with E-state index in [1.165, 1.54) is 28.8 Å². The molecule has 3 nitrogen and oxygen atoms in total. The van der Waals surface area contributed by atoms with Crippen LogP contribution in [0.2, 0.25) is 0 Å². The number of thiocarbonyl (C=S) groups is 1. The molecule has 1 fully saturated rings. The van der Waals surface area contributed by atoms with E-state index >= 15 is 0 Å². The van der Waals surface area contributed by atoms with Crippen LogP contribution in [0.4, 0.5) is 10.1 Å². The summed E-state index contributed by atoms with van der Waals surface area (Å²) < 4.78 is 19.1. The number of amides is 1. The highest BCUT2D eigenvalue weighted by molar-refractivity contribution is 8.27. The number of nitrogens with zero attached hydrogens (tertiary/aromatic N) is 1. The number of hydrogen-bond donors (Lipinski definition) is 0. The molecule has 2 aromatic carbocycles. The van der Waals surface area contributed by atoms with E-state index in [2.05, 4.69) is 0 Å². The number of anilines is 1. The van der Waals surface area contributed by atoms with Crippen molar-refractivity contribution in [1.82, 2.24) is 0 Å². The van der Waals surface area contributed by atoms with E-state index in [0.717, 1.165) is 5.75 Å². The smallest absolute Gasteiger partial charge is 0.270 e. The van der Waals surface area contributed by atoms with Gasteiger partial charge in [0.25, 0.3) is 5.91 Å². The summed E-state index contributed by atoms with van der Waals surface area (Å²) in [4.78, 5) is 14.6. The first-order chi connectivity index (χ1) is 11.6. The summed E-state index contributed by atoms with van der Waals surface area (Å²) in [6.45, 7) is 2.49. The largest absolute Gasteiger partial charge is 0.494 e. The van der Waals surface area contributed by atoms with Crippen molar-refractivity contribution in [2.45, 2.75) is 6.92 Å². The number of rotatable bonds is 4. The van der Waals surface area contributed by atoms with Gasteiger partial charge in [-0.15, -0.1) is 0 Å².